The first-order chi connectivity index (χ1) is 16.7. The second-order valence-electron chi connectivity index (χ2n) is 8.88. The van der Waals surface area contributed by atoms with E-state index in [1.165, 1.54) is 0 Å². The molecule has 4 aromatic rings. The molecule has 1 aromatic heterocycles. The Hall–Kier alpha value is -3.86. The third-order valence-electron chi connectivity index (χ3n) is 6.78. The predicted molar refractivity (Wildman–Crippen MR) is 135 cm³/mol. The summed E-state index contributed by atoms with van der Waals surface area (Å²) < 4.78 is 0. The lowest BCUT2D eigenvalue weighted by molar-refractivity contribution is -0.139. The van der Waals surface area contributed by atoms with Crippen molar-refractivity contribution in [1.29, 1.82) is 0 Å². The molecule has 34 heavy (non-hydrogen) atoms. The first-order valence-corrected chi connectivity index (χ1v) is 11.9. The molecule has 0 atom stereocenters. The van der Waals surface area contributed by atoms with Crippen molar-refractivity contribution >= 4 is 22.7 Å². The van der Waals surface area contributed by atoms with Crippen molar-refractivity contribution in [1.82, 2.24) is 14.8 Å². The summed E-state index contributed by atoms with van der Waals surface area (Å²) in [5.74, 6) is 0.279. The number of amides is 2. The molecule has 5 heteroatoms. The van der Waals surface area contributed by atoms with Gasteiger partial charge in [-0.1, -0.05) is 78.9 Å². The summed E-state index contributed by atoms with van der Waals surface area (Å²) in [6.45, 7) is 2.31. The van der Waals surface area contributed by atoms with E-state index in [-0.39, 0.29) is 17.7 Å². The van der Waals surface area contributed by atoms with Crippen molar-refractivity contribution in [2.75, 3.05) is 26.2 Å². The summed E-state index contributed by atoms with van der Waals surface area (Å²) in [5, 5.41) is 1.09. The molecule has 2 heterocycles. The lowest BCUT2D eigenvalue weighted by Crippen LogP contribution is -2.51. The molecular weight excluding hydrogens is 422 g/mol. The number of nitrogens with one attached hydrogen (secondary N) is 1. The molecule has 1 aliphatic rings. The zero-order chi connectivity index (χ0) is 23.3. The minimum atomic E-state index is 0.0245. The van der Waals surface area contributed by atoms with Crippen LogP contribution in [0.1, 0.15) is 29.0 Å². The van der Waals surface area contributed by atoms with Crippen molar-refractivity contribution in [3.63, 3.8) is 0 Å². The Balaban J connectivity index is 1.21. The van der Waals surface area contributed by atoms with Gasteiger partial charge in [0.15, 0.2) is 0 Å². The number of carbonyl (C=O) groups excluding carboxylic acids is 2. The largest absolute Gasteiger partial charge is 0.361 e. The van der Waals surface area contributed by atoms with Crippen LogP contribution in [0.25, 0.3) is 10.9 Å². The van der Waals surface area contributed by atoms with Gasteiger partial charge in [0, 0.05) is 55.6 Å². The quantitative estimate of drug-likeness (QED) is 0.466. The molecule has 3 aromatic carbocycles. The molecule has 5 nitrogen and oxygen atoms in total. The molecule has 0 spiro atoms. The number of nitrogens with zero attached hydrogens (tertiary/aromatic N) is 2. The van der Waals surface area contributed by atoms with Crippen molar-refractivity contribution in [3.05, 3.63) is 108 Å². The fraction of sp³-hybridized carbons (Fsp3) is 0.241. The van der Waals surface area contributed by atoms with E-state index in [0.29, 0.717) is 39.0 Å². The highest BCUT2D eigenvalue weighted by molar-refractivity contribution is 5.89. The molecule has 0 aliphatic carbocycles. The number of H-pyrrole nitrogens is 1. The molecular formula is C29H29N3O2. The van der Waals surface area contributed by atoms with E-state index in [1.807, 2.05) is 76.7 Å². The third-order valence-corrected chi connectivity index (χ3v) is 6.78. The second-order valence-corrected chi connectivity index (χ2v) is 8.88. The summed E-state index contributed by atoms with van der Waals surface area (Å²) in [4.78, 5) is 33.2. The zero-order valence-corrected chi connectivity index (χ0v) is 19.2. The number of para-hydroxylation sites is 1. The lowest BCUT2D eigenvalue weighted by Gasteiger charge is -2.35. The van der Waals surface area contributed by atoms with Gasteiger partial charge in [0.2, 0.25) is 11.8 Å². The van der Waals surface area contributed by atoms with Crippen LogP contribution in [0.4, 0.5) is 0 Å². The molecule has 1 aliphatic heterocycles. The van der Waals surface area contributed by atoms with Gasteiger partial charge in [-0.3, -0.25) is 9.59 Å². The van der Waals surface area contributed by atoms with Crippen LogP contribution in [0, 0.1) is 0 Å². The number of benzene rings is 3. The highest BCUT2D eigenvalue weighted by Crippen LogP contribution is 2.29. The molecule has 1 saturated heterocycles. The van der Waals surface area contributed by atoms with Gasteiger partial charge in [-0.15, -0.1) is 0 Å². The maximum Gasteiger partial charge on any atom is 0.227 e. The lowest BCUT2D eigenvalue weighted by atomic mass is 9.88. The Kier molecular flexibility index (Phi) is 6.43. The third kappa shape index (κ3) is 4.74. The minimum absolute atomic E-state index is 0.0245. The van der Waals surface area contributed by atoms with E-state index in [2.05, 4.69) is 29.2 Å². The first kappa shape index (κ1) is 22.0. The summed E-state index contributed by atoms with van der Waals surface area (Å²) >= 11 is 0. The average molecular weight is 452 g/mol. The van der Waals surface area contributed by atoms with Gasteiger partial charge in [0.1, 0.15) is 0 Å². The minimum Gasteiger partial charge on any atom is -0.361 e. The number of carbonyl (C=O) groups is 2. The van der Waals surface area contributed by atoms with Gasteiger partial charge in [0.05, 0.1) is 6.42 Å². The van der Waals surface area contributed by atoms with Crippen molar-refractivity contribution in [2.45, 2.75) is 18.8 Å². The number of aromatic nitrogens is 1. The van der Waals surface area contributed by atoms with Crippen LogP contribution in [0.2, 0.25) is 0 Å². The number of piperazine rings is 1. The smallest absolute Gasteiger partial charge is 0.227 e. The van der Waals surface area contributed by atoms with Crippen LogP contribution >= 0.6 is 0 Å². The van der Waals surface area contributed by atoms with Gasteiger partial charge in [-0.25, -0.2) is 0 Å². The van der Waals surface area contributed by atoms with E-state index in [1.54, 1.807) is 0 Å². The van der Waals surface area contributed by atoms with Crippen molar-refractivity contribution < 1.29 is 9.59 Å². The Morgan fingerprint density at radius 2 is 1.24 bits per heavy atom. The molecule has 2 amide bonds. The van der Waals surface area contributed by atoms with Gasteiger partial charge in [-0.05, 0) is 22.8 Å². The summed E-state index contributed by atoms with van der Waals surface area (Å²) in [6.07, 6.45) is 2.73. The van der Waals surface area contributed by atoms with Crippen molar-refractivity contribution in [2.24, 2.45) is 0 Å². The summed E-state index contributed by atoms with van der Waals surface area (Å²) in [6, 6.07) is 28.5. The van der Waals surface area contributed by atoms with Gasteiger partial charge in [0.25, 0.3) is 0 Å². The highest BCUT2D eigenvalue weighted by Gasteiger charge is 2.27. The van der Waals surface area contributed by atoms with Crippen molar-refractivity contribution in [3.8, 4) is 0 Å². The number of hydrogen-bond donors (Lipinski definition) is 1. The van der Waals surface area contributed by atoms with Gasteiger partial charge < -0.3 is 14.8 Å². The monoisotopic (exact) mass is 451 g/mol. The Bertz CT molecular complexity index is 1220. The molecule has 1 fully saturated rings. The predicted octanol–water partition coefficient (Wildman–Crippen LogP) is 4.60. The maximum absolute atomic E-state index is 13.3. The highest BCUT2D eigenvalue weighted by atomic mass is 16.2. The number of aromatic amines is 1. The van der Waals surface area contributed by atoms with Crippen LogP contribution in [-0.4, -0.2) is 52.8 Å². The SMILES string of the molecule is O=C(Cc1c[nH]c2ccccc12)N1CCN(C(=O)CC(c2ccccc2)c2ccccc2)CC1. The van der Waals surface area contributed by atoms with Crippen LogP contribution < -0.4 is 0 Å². The van der Waals surface area contributed by atoms with Crippen LogP contribution in [0.3, 0.4) is 0 Å². The number of rotatable bonds is 6. The van der Waals surface area contributed by atoms with Crippen LogP contribution in [0.15, 0.2) is 91.1 Å². The molecule has 0 unspecified atom stereocenters. The average Bonchev–Trinajstić information content (AvgIpc) is 3.31. The molecule has 1 N–H and O–H groups in total. The van der Waals surface area contributed by atoms with Crippen LogP contribution in [-0.2, 0) is 16.0 Å². The Morgan fingerprint density at radius 3 is 1.85 bits per heavy atom. The first-order valence-electron chi connectivity index (χ1n) is 11.9. The fourth-order valence-corrected chi connectivity index (χ4v) is 4.86. The van der Waals surface area contributed by atoms with E-state index in [9.17, 15) is 9.59 Å². The normalized spacial score (nSPS) is 14.0. The summed E-state index contributed by atoms with van der Waals surface area (Å²) in [5.41, 5.74) is 4.36. The topological polar surface area (TPSA) is 56.4 Å². The molecule has 172 valence electrons. The van der Waals surface area contributed by atoms with E-state index in [4.69, 9.17) is 0 Å². The van der Waals surface area contributed by atoms with Gasteiger partial charge in [-0.2, -0.15) is 0 Å². The Labute approximate surface area is 200 Å². The zero-order valence-electron chi connectivity index (χ0n) is 19.2. The standard InChI is InChI=1S/C29H29N3O2/c33-28(19-24-21-30-27-14-8-7-13-25(24)27)31-15-17-32(18-16-31)29(34)20-26(22-9-3-1-4-10-22)23-11-5-2-6-12-23/h1-14,21,26,30H,15-20H2. The number of hydrogen-bond acceptors (Lipinski definition) is 2. The van der Waals surface area contributed by atoms with E-state index >= 15 is 0 Å². The van der Waals surface area contributed by atoms with E-state index in [0.717, 1.165) is 27.6 Å². The van der Waals surface area contributed by atoms with E-state index < -0.39 is 0 Å². The molecule has 5 rings (SSSR count). The number of fused-ring (bicyclic) bond motifs is 1. The Morgan fingerprint density at radius 1 is 0.706 bits per heavy atom. The molecule has 0 saturated carbocycles. The second kappa shape index (κ2) is 9.96. The molecule has 0 bridgehead atoms. The maximum atomic E-state index is 13.3. The van der Waals surface area contributed by atoms with Crippen LogP contribution in [0.5, 0.6) is 0 Å². The summed E-state index contributed by atoms with van der Waals surface area (Å²) in [7, 11) is 0. The molecule has 0 radical (unpaired) electrons. The van der Waals surface area contributed by atoms with Gasteiger partial charge >= 0.3 is 0 Å². The fourth-order valence-electron chi connectivity index (χ4n) is 4.86.